The van der Waals surface area contributed by atoms with Crippen molar-refractivity contribution in [2.45, 2.75) is 119 Å². The number of hydrogen-bond donors (Lipinski definition) is 3. The van der Waals surface area contributed by atoms with Crippen LogP contribution in [0.1, 0.15) is 100 Å². The number of rotatable bonds is 0. The van der Waals surface area contributed by atoms with Crippen molar-refractivity contribution < 1.29 is 15.3 Å². The van der Waals surface area contributed by atoms with Gasteiger partial charge in [-0.25, -0.2) is 0 Å². The molecule has 3 heteroatoms. The van der Waals surface area contributed by atoms with Gasteiger partial charge in [-0.05, 0) is 96.2 Å². The Morgan fingerprint density at radius 1 is 0.818 bits per heavy atom. The summed E-state index contributed by atoms with van der Waals surface area (Å²) < 4.78 is 0. The molecular formula is C30H50O3. The Labute approximate surface area is 202 Å². The zero-order chi connectivity index (χ0) is 24.4. The zero-order valence-corrected chi connectivity index (χ0v) is 22.5. The van der Waals surface area contributed by atoms with Gasteiger partial charge in [-0.3, -0.25) is 0 Å². The second kappa shape index (κ2) is 7.10. The molecule has 0 aromatic rings. The maximum absolute atomic E-state index is 11.7. The molecule has 3 N–H and O–H groups in total. The van der Waals surface area contributed by atoms with Crippen molar-refractivity contribution in [1.82, 2.24) is 0 Å². The van der Waals surface area contributed by atoms with E-state index in [1.54, 1.807) is 5.57 Å². The number of allylic oxidation sites excluding steroid dienone is 2. The fourth-order valence-corrected chi connectivity index (χ4v) is 10.9. The molecule has 4 fully saturated rings. The van der Waals surface area contributed by atoms with Gasteiger partial charge in [0.25, 0.3) is 0 Å². The Morgan fingerprint density at radius 3 is 2.15 bits per heavy atom. The minimum absolute atomic E-state index is 0.0404. The molecule has 0 aliphatic heterocycles. The summed E-state index contributed by atoms with van der Waals surface area (Å²) >= 11 is 0. The Kier molecular flexibility index (Phi) is 5.23. The Bertz CT molecular complexity index is 847. The predicted molar refractivity (Wildman–Crippen MR) is 133 cm³/mol. The van der Waals surface area contributed by atoms with E-state index < -0.39 is 17.6 Å². The van der Waals surface area contributed by atoms with Gasteiger partial charge in [0.15, 0.2) is 0 Å². The molecule has 5 rings (SSSR count). The van der Waals surface area contributed by atoms with Crippen LogP contribution in [0.25, 0.3) is 0 Å². The molecule has 33 heavy (non-hydrogen) atoms. The highest BCUT2D eigenvalue weighted by molar-refractivity contribution is 5.35. The van der Waals surface area contributed by atoms with Gasteiger partial charge >= 0.3 is 0 Å². The van der Waals surface area contributed by atoms with Crippen molar-refractivity contribution in [3.63, 3.8) is 0 Å². The fraction of sp³-hybridized carbons (Fsp3) is 0.933. The van der Waals surface area contributed by atoms with Crippen LogP contribution >= 0.6 is 0 Å². The Morgan fingerprint density at radius 2 is 1.48 bits per heavy atom. The molecule has 0 saturated heterocycles. The molecule has 0 heterocycles. The molecule has 3 nitrogen and oxygen atoms in total. The number of aliphatic hydroxyl groups is 3. The molecular weight excluding hydrogens is 408 g/mol. The van der Waals surface area contributed by atoms with Crippen molar-refractivity contribution in [2.75, 3.05) is 0 Å². The first kappa shape index (κ1) is 24.3. The summed E-state index contributed by atoms with van der Waals surface area (Å²) in [4.78, 5) is 0. The third-order valence-corrected chi connectivity index (χ3v) is 13.6. The fourth-order valence-electron chi connectivity index (χ4n) is 10.9. The lowest BCUT2D eigenvalue weighted by atomic mass is 9.33. The first-order chi connectivity index (χ1) is 15.2. The van der Waals surface area contributed by atoms with Crippen molar-refractivity contribution in [1.29, 1.82) is 0 Å². The van der Waals surface area contributed by atoms with Crippen LogP contribution in [0, 0.1) is 56.7 Å². The lowest BCUT2D eigenvalue weighted by Crippen LogP contribution is -2.68. The molecule has 0 radical (unpaired) electrons. The summed E-state index contributed by atoms with van der Waals surface area (Å²) in [7, 11) is 0. The van der Waals surface area contributed by atoms with E-state index in [-0.39, 0.29) is 33.7 Å². The lowest BCUT2D eigenvalue weighted by Gasteiger charge is -2.72. The maximum Gasteiger partial charge on any atom is 0.0632 e. The van der Waals surface area contributed by atoms with Crippen LogP contribution in [0.4, 0.5) is 0 Å². The topological polar surface area (TPSA) is 60.7 Å². The van der Waals surface area contributed by atoms with Gasteiger partial charge in [0.1, 0.15) is 0 Å². The normalized spacial score (nSPS) is 60.0. The first-order valence-electron chi connectivity index (χ1n) is 13.9. The van der Waals surface area contributed by atoms with E-state index in [1.165, 1.54) is 12.8 Å². The van der Waals surface area contributed by atoms with Gasteiger partial charge in [-0.2, -0.15) is 0 Å². The summed E-state index contributed by atoms with van der Waals surface area (Å²) in [5, 5.41) is 33.9. The Hall–Kier alpha value is -0.380. The smallest absolute Gasteiger partial charge is 0.0632 e. The molecule has 4 saturated carbocycles. The Balaban J connectivity index is 1.63. The molecule has 0 spiro atoms. The first-order valence-corrected chi connectivity index (χ1v) is 13.9. The minimum Gasteiger partial charge on any atom is -0.393 e. The van der Waals surface area contributed by atoms with Crippen LogP contribution in [0.3, 0.4) is 0 Å². The van der Waals surface area contributed by atoms with E-state index in [4.69, 9.17) is 0 Å². The average Bonchev–Trinajstić information content (AvgIpc) is 2.71. The van der Waals surface area contributed by atoms with Crippen molar-refractivity contribution in [2.24, 2.45) is 56.7 Å². The van der Waals surface area contributed by atoms with Crippen LogP contribution in [-0.4, -0.2) is 33.6 Å². The zero-order valence-electron chi connectivity index (χ0n) is 22.5. The summed E-state index contributed by atoms with van der Waals surface area (Å²) in [5.41, 5.74) is 1.38. The molecule has 5 aliphatic carbocycles. The van der Waals surface area contributed by atoms with Crippen LogP contribution < -0.4 is 0 Å². The molecule has 4 unspecified atom stereocenters. The molecule has 12 atom stereocenters. The minimum atomic E-state index is -0.472. The van der Waals surface area contributed by atoms with Crippen molar-refractivity contribution in [3.8, 4) is 0 Å². The molecule has 5 aliphatic rings. The van der Waals surface area contributed by atoms with E-state index in [1.807, 2.05) is 0 Å². The average molecular weight is 459 g/mol. The SMILES string of the molecule is C[C@@H]1[C@@H](C)CC(O)[C@@]2(C)C(O)C[C@@]3(C)C(=CC[C@@H]4[C@]3(C)CCC3C(C)(C)C(O)CC[C@]34C)[C@@H]12. The van der Waals surface area contributed by atoms with Crippen molar-refractivity contribution >= 4 is 0 Å². The maximum atomic E-state index is 11.7. The highest BCUT2D eigenvalue weighted by Gasteiger charge is 2.70. The van der Waals surface area contributed by atoms with E-state index in [2.05, 4.69) is 61.5 Å². The summed E-state index contributed by atoms with van der Waals surface area (Å²) in [6.07, 6.45) is 8.52. The highest BCUT2D eigenvalue weighted by Crippen LogP contribution is 2.75. The van der Waals surface area contributed by atoms with E-state index in [9.17, 15) is 15.3 Å². The number of fused-ring (bicyclic) bond motifs is 7. The van der Waals surface area contributed by atoms with E-state index >= 15 is 0 Å². The molecule has 0 amide bonds. The second-order valence-corrected chi connectivity index (χ2v) is 14.8. The number of aliphatic hydroxyl groups excluding tert-OH is 3. The molecule has 0 aromatic heterocycles. The predicted octanol–water partition coefficient (Wildman–Crippen LogP) is 5.97. The van der Waals surface area contributed by atoms with E-state index in [0.29, 0.717) is 23.7 Å². The quantitative estimate of drug-likeness (QED) is 0.392. The van der Waals surface area contributed by atoms with Gasteiger partial charge in [0, 0.05) is 5.41 Å². The second-order valence-electron chi connectivity index (χ2n) is 14.8. The molecule has 0 aromatic carbocycles. The van der Waals surface area contributed by atoms with Gasteiger partial charge < -0.3 is 15.3 Å². The molecule has 188 valence electrons. The standard InChI is InChI=1S/C30H50O3/c1-17-15-23(32)30(8)24(33)16-29(7)19(25(30)18(17)2)9-10-21-27(5)13-12-22(31)26(3,4)20(27)11-14-28(21,29)6/h9,17-18,20-25,31-33H,10-16H2,1-8H3/t17-,18+,20?,21-,22?,23?,24?,25+,27+,28-,29-,30-/m0/s1. The summed E-state index contributed by atoms with van der Waals surface area (Å²) in [6.45, 7) is 19.0. The highest BCUT2D eigenvalue weighted by atomic mass is 16.3. The monoisotopic (exact) mass is 458 g/mol. The third kappa shape index (κ3) is 2.74. The van der Waals surface area contributed by atoms with E-state index in [0.717, 1.165) is 32.1 Å². The van der Waals surface area contributed by atoms with Gasteiger partial charge in [0.2, 0.25) is 0 Å². The summed E-state index contributed by atoms with van der Waals surface area (Å²) in [5.74, 6) is 2.29. The summed E-state index contributed by atoms with van der Waals surface area (Å²) in [6, 6.07) is 0. The van der Waals surface area contributed by atoms with Crippen molar-refractivity contribution in [3.05, 3.63) is 11.6 Å². The van der Waals surface area contributed by atoms with Crippen LogP contribution in [0.15, 0.2) is 11.6 Å². The lowest BCUT2D eigenvalue weighted by molar-refractivity contribution is -0.227. The van der Waals surface area contributed by atoms with Gasteiger partial charge in [-0.15, -0.1) is 0 Å². The van der Waals surface area contributed by atoms with Gasteiger partial charge in [-0.1, -0.05) is 67.0 Å². The molecule has 0 bridgehead atoms. The third-order valence-electron chi connectivity index (χ3n) is 13.6. The van der Waals surface area contributed by atoms with Crippen LogP contribution in [0.5, 0.6) is 0 Å². The van der Waals surface area contributed by atoms with Crippen LogP contribution in [-0.2, 0) is 0 Å². The van der Waals surface area contributed by atoms with Crippen LogP contribution in [0.2, 0.25) is 0 Å². The van der Waals surface area contributed by atoms with Gasteiger partial charge in [0.05, 0.1) is 18.3 Å². The number of hydrogen-bond acceptors (Lipinski definition) is 3. The largest absolute Gasteiger partial charge is 0.393 e.